The van der Waals surface area contributed by atoms with Gasteiger partial charge in [-0.3, -0.25) is 0 Å². The maximum Gasteiger partial charge on any atom is 0.426 e. The van der Waals surface area contributed by atoms with E-state index in [4.69, 9.17) is 5.11 Å². The molecule has 0 bridgehead atoms. The van der Waals surface area contributed by atoms with Gasteiger partial charge in [0.15, 0.2) is 0 Å². The molecule has 0 aromatic rings. The van der Waals surface area contributed by atoms with E-state index in [0.717, 1.165) is 6.92 Å². The molecule has 0 saturated carbocycles. The lowest BCUT2D eigenvalue weighted by Crippen LogP contribution is -2.63. The van der Waals surface area contributed by atoms with Crippen LogP contribution in [0.5, 0.6) is 0 Å². The molecular weight excluding hydrogens is 294 g/mol. The van der Waals surface area contributed by atoms with Crippen molar-refractivity contribution < 1.29 is 41.0 Å². The van der Waals surface area contributed by atoms with Crippen LogP contribution in [-0.4, -0.2) is 35.1 Å². The van der Waals surface area contributed by atoms with E-state index in [-0.39, 0.29) is 5.57 Å². The van der Waals surface area contributed by atoms with Crippen molar-refractivity contribution in [3.63, 3.8) is 0 Å². The first-order valence-corrected chi connectivity index (χ1v) is 5.38. The number of alkyl halides is 6. The summed E-state index contributed by atoms with van der Waals surface area (Å²) >= 11 is 0. The molecule has 0 aliphatic carbocycles. The largest absolute Gasteiger partial charge is 0.459 e. The first kappa shape index (κ1) is 18.8. The summed E-state index contributed by atoms with van der Waals surface area (Å²) in [6.45, 7) is 5.65. The van der Waals surface area contributed by atoms with Gasteiger partial charge in [-0.15, -0.1) is 0 Å². The van der Waals surface area contributed by atoms with Crippen molar-refractivity contribution in [2.45, 2.75) is 44.8 Å². The molecule has 2 atom stereocenters. The molecule has 0 aromatic heterocycles. The van der Waals surface area contributed by atoms with Gasteiger partial charge < -0.3 is 9.84 Å². The highest BCUT2D eigenvalue weighted by molar-refractivity contribution is 5.87. The van der Waals surface area contributed by atoms with Gasteiger partial charge in [0.05, 0.1) is 0 Å². The van der Waals surface area contributed by atoms with Crippen LogP contribution in [0, 0.1) is 5.92 Å². The fourth-order valence-corrected chi connectivity index (χ4v) is 1.39. The fraction of sp³-hybridized carbons (Fsp3) is 0.727. The number of carbonyl (C=O) groups is 1. The maximum atomic E-state index is 12.6. The second-order valence-electron chi connectivity index (χ2n) is 4.44. The van der Waals surface area contributed by atoms with Gasteiger partial charge in [-0.05, 0) is 13.8 Å². The SMILES string of the molecule is C=C(C)C(=O)OC(C)C(C)C(O)(C(F)(F)F)C(F)(F)F. The topological polar surface area (TPSA) is 46.5 Å². The number of carbonyl (C=O) groups excluding carboxylic acids is 1. The van der Waals surface area contributed by atoms with Crippen molar-refractivity contribution in [1.82, 2.24) is 0 Å². The average Bonchev–Trinajstić information content (AvgIpc) is 2.23. The molecule has 118 valence electrons. The van der Waals surface area contributed by atoms with Crippen LogP contribution in [0.1, 0.15) is 20.8 Å². The van der Waals surface area contributed by atoms with Gasteiger partial charge in [-0.2, -0.15) is 26.3 Å². The lowest BCUT2D eigenvalue weighted by atomic mass is 9.83. The van der Waals surface area contributed by atoms with Crippen LogP contribution in [-0.2, 0) is 9.53 Å². The molecule has 0 saturated heterocycles. The van der Waals surface area contributed by atoms with E-state index >= 15 is 0 Å². The van der Waals surface area contributed by atoms with Crippen LogP contribution in [0.15, 0.2) is 12.2 Å². The number of rotatable bonds is 4. The standard InChI is InChI=1S/C11H14F6O3/c1-5(2)8(18)20-7(4)6(3)9(19,10(12,13)14)11(15,16)17/h6-7,19H,1H2,2-4H3. The van der Waals surface area contributed by atoms with Crippen molar-refractivity contribution in [3.8, 4) is 0 Å². The summed E-state index contributed by atoms with van der Waals surface area (Å²) < 4.78 is 79.9. The Bertz CT molecular complexity index is 371. The van der Waals surface area contributed by atoms with Crippen molar-refractivity contribution in [1.29, 1.82) is 0 Å². The van der Waals surface area contributed by atoms with Gasteiger partial charge in [-0.1, -0.05) is 13.5 Å². The van der Waals surface area contributed by atoms with E-state index in [1.165, 1.54) is 6.92 Å². The van der Waals surface area contributed by atoms with Gasteiger partial charge in [0, 0.05) is 11.5 Å². The van der Waals surface area contributed by atoms with Crippen LogP contribution in [0.2, 0.25) is 0 Å². The molecular formula is C11H14F6O3. The number of aliphatic hydroxyl groups is 1. The first-order valence-electron chi connectivity index (χ1n) is 5.38. The Kier molecular flexibility index (Phi) is 5.28. The van der Waals surface area contributed by atoms with Gasteiger partial charge in [0.1, 0.15) is 6.10 Å². The van der Waals surface area contributed by atoms with Gasteiger partial charge in [0.2, 0.25) is 0 Å². The average molecular weight is 308 g/mol. The molecule has 0 rings (SSSR count). The van der Waals surface area contributed by atoms with Gasteiger partial charge >= 0.3 is 18.3 Å². The summed E-state index contributed by atoms with van der Waals surface area (Å²) in [6, 6.07) is 0. The van der Waals surface area contributed by atoms with Crippen molar-refractivity contribution in [2.24, 2.45) is 5.92 Å². The van der Waals surface area contributed by atoms with E-state index < -0.39 is 35.9 Å². The number of hydrogen-bond acceptors (Lipinski definition) is 3. The maximum absolute atomic E-state index is 12.6. The Labute approximate surface area is 111 Å². The lowest BCUT2D eigenvalue weighted by molar-refractivity contribution is -0.388. The third kappa shape index (κ3) is 3.44. The van der Waals surface area contributed by atoms with E-state index in [1.807, 2.05) is 0 Å². The quantitative estimate of drug-likeness (QED) is 0.493. The first-order chi connectivity index (χ1) is 8.66. The third-order valence-electron chi connectivity index (χ3n) is 2.87. The van der Waals surface area contributed by atoms with E-state index in [2.05, 4.69) is 11.3 Å². The zero-order chi connectivity index (χ0) is 16.5. The monoisotopic (exact) mass is 308 g/mol. The zero-order valence-electron chi connectivity index (χ0n) is 10.9. The summed E-state index contributed by atoms with van der Waals surface area (Å²) in [4.78, 5) is 11.1. The highest BCUT2D eigenvalue weighted by atomic mass is 19.4. The molecule has 20 heavy (non-hydrogen) atoms. The minimum absolute atomic E-state index is 0.188. The smallest absolute Gasteiger partial charge is 0.426 e. The van der Waals surface area contributed by atoms with Gasteiger partial charge in [0.25, 0.3) is 5.60 Å². The summed E-state index contributed by atoms with van der Waals surface area (Å²) in [6.07, 6.45) is -13.8. The Morgan fingerprint density at radius 2 is 1.45 bits per heavy atom. The molecule has 3 nitrogen and oxygen atoms in total. The van der Waals surface area contributed by atoms with Crippen LogP contribution >= 0.6 is 0 Å². The van der Waals surface area contributed by atoms with Crippen molar-refractivity contribution in [3.05, 3.63) is 12.2 Å². The minimum Gasteiger partial charge on any atom is -0.459 e. The highest BCUT2D eigenvalue weighted by Gasteiger charge is 2.73. The Balaban J connectivity index is 5.43. The number of hydrogen-bond donors (Lipinski definition) is 1. The molecule has 0 spiro atoms. The molecule has 0 heterocycles. The molecule has 0 aliphatic heterocycles. The van der Waals surface area contributed by atoms with Crippen LogP contribution in [0.25, 0.3) is 0 Å². The van der Waals surface area contributed by atoms with Crippen LogP contribution in [0.4, 0.5) is 26.3 Å². The summed E-state index contributed by atoms with van der Waals surface area (Å²) in [7, 11) is 0. The van der Waals surface area contributed by atoms with E-state index in [1.54, 1.807) is 0 Å². The number of halogens is 6. The predicted molar refractivity (Wildman–Crippen MR) is 56.6 cm³/mol. The lowest BCUT2D eigenvalue weighted by Gasteiger charge is -2.39. The molecule has 0 aliphatic rings. The second kappa shape index (κ2) is 5.63. The minimum atomic E-state index is -5.96. The normalized spacial score (nSPS) is 16.5. The van der Waals surface area contributed by atoms with Crippen molar-refractivity contribution in [2.75, 3.05) is 0 Å². The van der Waals surface area contributed by atoms with Crippen LogP contribution in [0.3, 0.4) is 0 Å². The molecule has 2 unspecified atom stereocenters. The zero-order valence-corrected chi connectivity index (χ0v) is 10.9. The Morgan fingerprint density at radius 1 is 1.10 bits per heavy atom. The van der Waals surface area contributed by atoms with Gasteiger partial charge in [-0.25, -0.2) is 4.79 Å². The Morgan fingerprint density at radius 3 is 1.70 bits per heavy atom. The summed E-state index contributed by atoms with van der Waals surface area (Å²) in [5, 5.41) is 9.11. The molecule has 0 radical (unpaired) electrons. The second-order valence-corrected chi connectivity index (χ2v) is 4.44. The molecule has 9 heteroatoms. The number of esters is 1. The van der Waals surface area contributed by atoms with Crippen LogP contribution < -0.4 is 0 Å². The summed E-state index contributed by atoms with van der Waals surface area (Å²) in [5.74, 6) is -3.60. The summed E-state index contributed by atoms with van der Waals surface area (Å²) in [5.41, 5.74) is -5.17. The third-order valence-corrected chi connectivity index (χ3v) is 2.87. The highest BCUT2D eigenvalue weighted by Crippen LogP contribution is 2.48. The van der Waals surface area contributed by atoms with E-state index in [0.29, 0.717) is 6.92 Å². The Hall–Kier alpha value is -1.25. The van der Waals surface area contributed by atoms with Crippen molar-refractivity contribution >= 4 is 5.97 Å². The molecule has 0 aromatic carbocycles. The van der Waals surface area contributed by atoms with E-state index in [9.17, 15) is 31.1 Å². The molecule has 0 fully saturated rings. The molecule has 1 N–H and O–H groups in total. The number of ether oxygens (including phenoxy) is 1. The molecule has 0 amide bonds. The predicted octanol–water partition coefficient (Wildman–Crippen LogP) is 2.99. The fourth-order valence-electron chi connectivity index (χ4n) is 1.39.